The van der Waals surface area contributed by atoms with Crippen molar-refractivity contribution in [2.75, 3.05) is 6.54 Å². The van der Waals surface area contributed by atoms with Gasteiger partial charge in [-0.25, -0.2) is 0 Å². The van der Waals surface area contributed by atoms with Gasteiger partial charge in [-0.2, -0.15) is 0 Å². The second kappa shape index (κ2) is 4.90. The van der Waals surface area contributed by atoms with E-state index in [0.717, 1.165) is 4.88 Å². The van der Waals surface area contributed by atoms with Crippen LogP contribution in [0, 0.1) is 10.1 Å². The number of benzene rings is 1. The van der Waals surface area contributed by atoms with Crippen molar-refractivity contribution in [3.8, 4) is 10.4 Å². The number of thiophene rings is 1. The summed E-state index contributed by atoms with van der Waals surface area (Å²) in [5.41, 5.74) is 1.17. The summed E-state index contributed by atoms with van der Waals surface area (Å²) in [6, 6.07) is 14.0. The molecule has 4 heteroatoms. The van der Waals surface area contributed by atoms with Gasteiger partial charge < -0.3 is 0 Å². The second-order valence-electron chi connectivity index (χ2n) is 3.44. The Morgan fingerprint density at radius 2 is 1.88 bits per heavy atom. The van der Waals surface area contributed by atoms with Gasteiger partial charge in [0.05, 0.1) is 0 Å². The van der Waals surface area contributed by atoms with Crippen molar-refractivity contribution in [3.63, 3.8) is 0 Å². The Balaban J connectivity index is 2.11. The molecule has 0 amide bonds. The smallest absolute Gasteiger partial charge is 0.208 e. The van der Waals surface area contributed by atoms with E-state index in [0.29, 0.717) is 6.42 Å². The Bertz CT molecular complexity index is 479. The molecular formula is C12H11NO2S. The average Bonchev–Trinajstić information content (AvgIpc) is 2.76. The molecule has 0 unspecified atom stereocenters. The van der Waals surface area contributed by atoms with Crippen molar-refractivity contribution in [1.29, 1.82) is 0 Å². The molecule has 0 N–H and O–H groups in total. The van der Waals surface area contributed by atoms with Crippen molar-refractivity contribution >= 4 is 11.3 Å². The normalized spacial score (nSPS) is 10.2. The van der Waals surface area contributed by atoms with Crippen LogP contribution in [0.15, 0.2) is 42.5 Å². The van der Waals surface area contributed by atoms with Gasteiger partial charge in [-0.05, 0) is 17.7 Å². The van der Waals surface area contributed by atoms with Crippen LogP contribution in [0.4, 0.5) is 0 Å². The van der Waals surface area contributed by atoms with Gasteiger partial charge in [0.15, 0.2) is 0 Å². The monoisotopic (exact) mass is 233 g/mol. The van der Waals surface area contributed by atoms with Crippen molar-refractivity contribution < 1.29 is 4.92 Å². The van der Waals surface area contributed by atoms with E-state index in [-0.39, 0.29) is 11.5 Å². The molecule has 2 aromatic rings. The average molecular weight is 233 g/mol. The molecule has 0 spiro atoms. The number of nitro groups is 1. The summed E-state index contributed by atoms with van der Waals surface area (Å²) < 4.78 is 0. The highest BCUT2D eigenvalue weighted by Gasteiger charge is 2.05. The van der Waals surface area contributed by atoms with Crippen LogP contribution in [-0.4, -0.2) is 11.5 Å². The Kier molecular flexibility index (Phi) is 3.31. The fourth-order valence-corrected chi connectivity index (χ4v) is 2.47. The number of rotatable bonds is 4. The molecule has 2 rings (SSSR count). The second-order valence-corrected chi connectivity index (χ2v) is 4.61. The van der Waals surface area contributed by atoms with Crippen molar-refractivity contribution in [3.05, 3.63) is 57.5 Å². The molecule has 82 valence electrons. The molecule has 16 heavy (non-hydrogen) atoms. The highest BCUT2D eigenvalue weighted by Crippen LogP contribution is 2.27. The van der Waals surface area contributed by atoms with Crippen LogP contribution in [-0.2, 0) is 6.42 Å². The lowest BCUT2D eigenvalue weighted by molar-refractivity contribution is -0.479. The standard InChI is InChI=1S/C12H11NO2S/c14-13(15)9-8-11-6-7-12(16-11)10-4-2-1-3-5-10/h1-7H,8-9H2. The van der Waals surface area contributed by atoms with Gasteiger partial charge in [0.2, 0.25) is 6.54 Å². The highest BCUT2D eigenvalue weighted by atomic mass is 32.1. The predicted octanol–water partition coefficient (Wildman–Crippen LogP) is 3.23. The van der Waals surface area contributed by atoms with E-state index in [1.165, 1.54) is 10.4 Å². The fourth-order valence-electron chi connectivity index (χ4n) is 1.47. The molecule has 0 atom stereocenters. The summed E-state index contributed by atoms with van der Waals surface area (Å²) in [6.45, 7) is 0.00867. The molecule has 0 radical (unpaired) electrons. The van der Waals surface area contributed by atoms with Crippen LogP contribution < -0.4 is 0 Å². The third-order valence-corrected chi connectivity index (χ3v) is 3.45. The molecule has 1 aromatic carbocycles. The molecule has 0 saturated carbocycles. The molecule has 3 nitrogen and oxygen atoms in total. The van der Waals surface area contributed by atoms with Crippen LogP contribution in [0.5, 0.6) is 0 Å². The zero-order valence-corrected chi connectivity index (χ0v) is 9.44. The molecule has 0 aliphatic carbocycles. The fraction of sp³-hybridized carbons (Fsp3) is 0.167. The first-order valence-corrected chi connectivity index (χ1v) is 5.83. The number of hydrogen-bond acceptors (Lipinski definition) is 3. The topological polar surface area (TPSA) is 43.1 Å². The van der Waals surface area contributed by atoms with Gasteiger partial charge in [-0.15, -0.1) is 11.3 Å². The number of hydrogen-bond donors (Lipinski definition) is 0. The molecule has 0 saturated heterocycles. The van der Waals surface area contributed by atoms with Crippen molar-refractivity contribution in [1.82, 2.24) is 0 Å². The lowest BCUT2D eigenvalue weighted by atomic mass is 10.2. The molecule has 0 aliphatic rings. The lowest BCUT2D eigenvalue weighted by Crippen LogP contribution is -2.02. The molecular weight excluding hydrogens is 222 g/mol. The van der Waals surface area contributed by atoms with Crippen LogP contribution in [0.25, 0.3) is 10.4 Å². The third-order valence-electron chi connectivity index (χ3n) is 2.26. The molecule has 1 aromatic heterocycles. The van der Waals surface area contributed by atoms with Crippen LogP contribution in [0.1, 0.15) is 4.88 Å². The van der Waals surface area contributed by atoms with E-state index in [2.05, 4.69) is 0 Å². The van der Waals surface area contributed by atoms with Gasteiger partial charge in [0.1, 0.15) is 0 Å². The van der Waals surface area contributed by atoms with Gasteiger partial charge >= 0.3 is 0 Å². The maximum absolute atomic E-state index is 10.3. The van der Waals surface area contributed by atoms with Gasteiger partial charge in [0.25, 0.3) is 0 Å². The van der Waals surface area contributed by atoms with E-state index in [9.17, 15) is 10.1 Å². The van der Waals surface area contributed by atoms with Crippen LogP contribution in [0.3, 0.4) is 0 Å². The number of nitrogens with zero attached hydrogens (tertiary/aromatic N) is 1. The molecule has 1 heterocycles. The van der Waals surface area contributed by atoms with E-state index in [1.54, 1.807) is 11.3 Å². The van der Waals surface area contributed by atoms with Crippen molar-refractivity contribution in [2.24, 2.45) is 0 Å². The SMILES string of the molecule is O=[N+]([O-])CCc1ccc(-c2ccccc2)s1. The van der Waals surface area contributed by atoms with E-state index in [1.807, 2.05) is 42.5 Å². The van der Waals surface area contributed by atoms with Gasteiger partial charge in [-0.1, -0.05) is 30.3 Å². The van der Waals surface area contributed by atoms with E-state index >= 15 is 0 Å². The minimum Gasteiger partial charge on any atom is -0.265 e. The molecule has 0 aliphatic heterocycles. The summed E-state index contributed by atoms with van der Waals surface area (Å²) in [4.78, 5) is 12.2. The van der Waals surface area contributed by atoms with Crippen LogP contribution in [0.2, 0.25) is 0 Å². The Morgan fingerprint density at radius 1 is 1.12 bits per heavy atom. The Hall–Kier alpha value is -1.68. The summed E-state index contributed by atoms with van der Waals surface area (Å²) in [5, 5.41) is 10.3. The highest BCUT2D eigenvalue weighted by molar-refractivity contribution is 7.15. The zero-order chi connectivity index (χ0) is 11.4. The first-order valence-electron chi connectivity index (χ1n) is 5.01. The van der Waals surface area contributed by atoms with Crippen molar-refractivity contribution in [2.45, 2.75) is 6.42 Å². The largest absolute Gasteiger partial charge is 0.265 e. The maximum atomic E-state index is 10.3. The minimum atomic E-state index is -0.276. The summed E-state index contributed by atoms with van der Waals surface area (Å²) >= 11 is 1.62. The minimum absolute atomic E-state index is 0.00867. The third kappa shape index (κ3) is 2.67. The quantitative estimate of drug-likeness (QED) is 0.601. The Labute approximate surface area is 97.5 Å². The first-order chi connectivity index (χ1) is 7.75. The molecule has 0 bridgehead atoms. The predicted molar refractivity (Wildman–Crippen MR) is 65.3 cm³/mol. The van der Waals surface area contributed by atoms with Gasteiger partial charge in [0, 0.05) is 21.1 Å². The summed E-state index contributed by atoms with van der Waals surface area (Å²) in [5.74, 6) is 0. The van der Waals surface area contributed by atoms with Gasteiger partial charge in [-0.3, -0.25) is 10.1 Å². The lowest BCUT2D eigenvalue weighted by Gasteiger charge is -1.95. The Morgan fingerprint density at radius 3 is 2.56 bits per heavy atom. The first kappa shape index (κ1) is 10.8. The molecule has 0 fully saturated rings. The zero-order valence-electron chi connectivity index (χ0n) is 8.63. The summed E-state index contributed by atoms with van der Waals surface area (Å²) in [6.07, 6.45) is 0.518. The summed E-state index contributed by atoms with van der Waals surface area (Å²) in [7, 11) is 0. The maximum Gasteiger partial charge on any atom is 0.208 e. The van der Waals surface area contributed by atoms with E-state index in [4.69, 9.17) is 0 Å². The van der Waals surface area contributed by atoms with E-state index < -0.39 is 0 Å². The van der Waals surface area contributed by atoms with Crippen LogP contribution >= 0.6 is 11.3 Å².